The van der Waals surface area contributed by atoms with Crippen molar-refractivity contribution in [1.29, 1.82) is 0 Å². The molecule has 2 N–H and O–H groups in total. The Labute approximate surface area is 165 Å². The predicted octanol–water partition coefficient (Wildman–Crippen LogP) is 2.85. The van der Waals surface area contributed by atoms with E-state index in [0.717, 1.165) is 29.0 Å². The number of benzene rings is 2. The van der Waals surface area contributed by atoms with Crippen molar-refractivity contribution in [1.82, 2.24) is 10.6 Å². The first kappa shape index (κ1) is 19.7. The topological polar surface area (TPSA) is 76.7 Å². The van der Waals surface area contributed by atoms with Crippen LogP contribution < -0.4 is 20.1 Å². The molecule has 1 heterocycles. The maximum absolute atomic E-state index is 12.2. The molecule has 1 atom stereocenters. The number of nitrogens with one attached hydrogen (secondary N) is 2. The van der Waals surface area contributed by atoms with E-state index >= 15 is 0 Å². The Hall–Kier alpha value is -3.02. The first-order valence-corrected chi connectivity index (χ1v) is 9.62. The quantitative estimate of drug-likeness (QED) is 0.736. The lowest BCUT2D eigenvalue weighted by atomic mass is 10.1. The van der Waals surface area contributed by atoms with Crippen LogP contribution in [-0.2, 0) is 17.8 Å². The maximum atomic E-state index is 12.2. The minimum atomic E-state index is -0.183. The van der Waals surface area contributed by atoms with E-state index in [4.69, 9.17) is 9.47 Å². The molecule has 0 aromatic heterocycles. The molecule has 1 aliphatic rings. The van der Waals surface area contributed by atoms with E-state index in [-0.39, 0.29) is 30.9 Å². The van der Waals surface area contributed by atoms with Crippen molar-refractivity contribution in [2.45, 2.75) is 39.3 Å². The molecule has 148 valence electrons. The van der Waals surface area contributed by atoms with Crippen molar-refractivity contribution in [3.8, 4) is 11.5 Å². The number of carbonyl (C=O) groups excluding carboxylic acids is 2. The van der Waals surface area contributed by atoms with Crippen molar-refractivity contribution in [3.05, 3.63) is 59.2 Å². The Bertz CT molecular complexity index is 836. The molecule has 1 unspecified atom stereocenters. The van der Waals surface area contributed by atoms with Gasteiger partial charge in [0.05, 0.1) is 6.61 Å². The third kappa shape index (κ3) is 5.03. The number of carbonyl (C=O) groups is 2. The molecule has 0 aliphatic carbocycles. The van der Waals surface area contributed by atoms with E-state index in [1.165, 1.54) is 0 Å². The summed E-state index contributed by atoms with van der Waals surface area (Å²) in [7, 11) is 0. The molecule has 0 fully saturated rings. The smallest absolute Gasteiger partial charge is 0.251 e. The van der Waals surface area contributed by atoms with E-state index in [9.17, 15) is 9.59 Å². The Morgan fingerprint density at radius 3 is 2.71 bits per heavy atom. The van der Waals surface area contributed by atoms with Crippen LogP contribution in [0.25, 0.3) is 0 Å². The van der Waals surface area contributed by atoms with Crippen LogP contribution in [0.4, 0.5) is 0 Å². The summed E-state index contributed by atoms with van der Waals surface area (Å²) < 4.78 is 11.5. The van der Waals surface area contributed by atoms with Gasteiger partial charge in [0.1, 0.15) is 17.6 Å². The zero-order valence-corrected chi connectivity index (χ0v) is 16.3. The number of hydrogen-bond donors (Lipinski definition) is 2. The Kier molecular flexibility index (Phi) is 6.53. The second kappa shape index (κ2) is 9.26. The van der Waals surface area contributed by atoms with Gasteiger partial charge in [0.2, 0.25) is 5.91 Å². The van der Waals surface area contributed by atoms with Crippen molar-refractivity contribution in [2.75, 3.05) is 13.2 Å². The molecule has 0 saturated carbocycles. The summed E-state index contributed by atoms with van der Waals surface area (Å²) in [5.41, 5.74) is 2.60. The molecule has 1 aliphatic heterocycles. The van der Waals surface area contributed by atoms with Crippen LogP contribution in [0, 0.1) is 0 Å². The zero-order valence-electron chi connectivity index (χ0n) is 16.3. The van der Waals surface area contributed by atoms with Crippen LogP contribution in [0.1, 0.15) is 41.8 Å². The fraction of sp³-hybridized carbons (Fsp3) is 0.364. The van der Waals surface area contributed by atoms with E-state index in [1.807, 2.05) is 32.0 Å². The highest BCUT2D eigenvalue weighted by Crippen LogP contribution is 2.35. The van der Waals surface area contributed by atoms with Gasteiger partial charge in [0, 0.05) is 42.6 Å². The molecule has 0 bridgehead atoms. The molecule has 2 aromatic carbocycles. The van der Waals surface area contributed by atoms with Crippen LogP contribution in [0.3, 0.4) is 0 Å². The lowest BCUT2D eigenvalue weighted by molar-refractivity contribution is -0.121. The number of hydrogen-bond acceptors (Lipinski definition) is 4. The lowest BCUT2D eigenvalue weighted by Crippen LogP contribution is -2.30. The molecule has 3 rings (SSSR count). The van der Waals surface area contributed by atoms with Gasteiger partial charge < -0.3 is 20.1 Å². The highest BCUT2D eigenvalue weighted by Gasteiger charge is 2.22. The number of rotatable bonds is 8. The molecule has 2 amide bonds. The number of amides is 2. The van der Waals surface area contributed by atoms with Crippen LogP contribution in [-0.4, -0.2) is 31.1 Å². The van der Waals surface area contributed by atoms with E-state index in [1.54, 1.807) is 24.3 Å². The van der Waals surface area contributed by atoms with Crippen LogP contribution in [0.15, 0.2) is 42.5 Å². The highest BCUT2D eigenvalue weighted by atomic mass is 16.5. The fourth-order valence-electron chi connectivity index (χ4n) is 3.17. The van der Waals surface area contributed by atoms with Gasteiger partial charge in [-0.2, -0.15) is 0 Å². The van der Waals surface area contributed by atoms with Crippen molar-refractivity contribution >= 4 is 11.8 Å². The largest absolute Gasteiger partial charge is 0.494 e. The number of ether oxygens (including phenoxy) is 2. The normalized spacial score (nSPS) is 14.7. The summed E-state index contributed by atoms with van der Waals surface area (Å²) in [4.78, 5) is 24.1. The standard InChI is InChI=1S/C22H26N2O4/c1-3-27-19-12-17-11-15(2)28-20(17)13-18(19)14-24-21(25)9-10-23-22(26)16-7-5-4-6-8-16/h4-8,12-13,15H,3,9-11,14H2,1-2H3,(H,23,26)(H,24,25). The molecule has 28 heavy (non-hydrogen) atoms. The maximum Gasteiger partial charge on any atom is 0.251 e. The summed E-state index contributed by atoms with van der Waals surface area (Å²) in [5, 5.41) is 5.64. The van der Waals surface area contributed by atoms with Gasteiger partial charge in [-0.25, -0.2) is 0 Å². The van der Waals surface area contributed by atoms with Crippen molar-refractivity contribution < 1.29 is 19.1 Å². The molecular formula is C22H26N2O4. The third-order valence-electron chi connectivity index (χ3n) is 4.53. The van der Waals surface area contributed by atoms with Gasteiger partial charge in [-0.15, -0.1) is 0 Å². The monoisotopic (exact) mass is 382 g/mol. The van der Waals surface area contributed by atoms with E-state index in [2.05, 4.69) is 10.6 Å². The summed E-state index contributed by atoms with van der Waals surface area (Å²) in [6, 6.07) is 12.9. The minimum Gasteiger partial charge on any atom is -0.494 e. The zero-order chi connectivity index (χ0) is 19.9. The fourth-order valence-corrected chi connectivity index (χ4v) is 3.17. The molecule has 6 heteroatoms. The Morgan fingerprint density at radius 1 is 1.18 bits per heavy atom. The molecule has 6 nitrogen and oxygen atoms in total. The van der Waals surface area contributed by atoms with E-state index < -0.39 is 0 Å². The Balaban J connectivity index is 1.50. The van der Waals surface area contributed by atoms with Crippen molar-refractivity contribution in [2.24, 2.45) is 0 Å². The SMILES string of the molecule is CCOc1cc2c(cc1CNC(=O)CCNC(=O)c1ccccc1)OC(C)C2. The minimum absolute atomic E-state index is 0.134. The van der Waals surface area contributed by atoms with Gasteiger partial charge in [0.25, 0.3) is 5.91 Å². The first-order valence-electron chi connectivity index (χ1n) is 9.62. The summed E-state index contributed by atoms with van der Waals surface area (Å²) in [6.45, 7) is 5.16. The summed E-state index contributed by atoms with van der Waals surface area (Å²) in [5.74, 6) is 1.31. The molecular weight excluding hydrogens is 356 g/mol. The lowest BCUT2D eigenvalue weighted by Gasteiger charge is -2.13. The molecule has 0 spiro atoms. The summed E-state index contributed by atoms with van der Waals surface area (Å²) >= 11 is 0. The second-order valence-electron chi connectivity index (χ2n) is 6.78. The van der Waals surface area contributed by atoms with E-state index in [0.29, 0.717) is 18.7 Å². The highest BCUT2D eigenvalue weighted by molar-refractivity contribution is 5.94. The van der Waals surface area contributed by atoms with Gasteiger partial charge in [-0.1, -0.05) is 18.2 Å². The van der Waals surface area contributed by atoms with Crippen LogP contribution in [0.5, 0.6) is 11.5 Å². The van der Waals surface area contributed by atoms with Crippen LogP contribution >= 0.6 is 0 Å². The van der Waals surface area contributed by atoms with Gasteiger partial charge in [-0.05, 0) is 38.1 Å². The molecule has 0 saturated heterocycles. The third-order valence-corrected chi connectivity index (χ3v) is 4.53. The predicted molar refractivity (Wildman–Crippen MR) is 107 cm³/mol. The Morgan fingerprint density at radius 2 is 1.96 bits per heavy atom. The van der Waals surface area contributed by atoms with Gasteiger partial charge >= 0.3 is 0 Å². The first-order chi connectivity index (χ1) is 13.6. The molecule has 0 radical (unpaired) electrons. The van der Waals surface area contributed by atoms with Gasteiger partial charge in [-0.3, -0.25) is 9.59 Å². The average molecular weight is 382 g/mol. The summed E-state index contributed by atoms with van der Waals surface area (Å²) in [6.07, 6.45) is 1.23. The second-order valence-corrected chi connectivity index (χ2v) is 6.78. The molecule has 2 aromatic rings. The van der Waals surface area contributed by atoms with Crippen LogP contribution in [0.2, 0.25) is 0 Å². The average Bonchev–Trinajstić information content (AvgIpc) is 3.05. The number of fused-ring (bicyclic) bond motifs is 1. The van der Waals surface area contributed by atoms with Crippen molar-refractivity contribution in [3.63, 3.8) is 0 Å². The van der Waals surface area contributed by atoms with Gasteiger partial charge in [0.15, 0.2) is 0 Å².